The zero-order valence-electron chi connectivity index (χ0n) is 4.82. The second-order valence-corrected chi connectivity index (χ2v) is 1.85. The molecule has 0 rings (SSSR count). The Morgan fingerprint density at radius 3 is 2.29 bits per heavy atom. The van der Waals surface area contributed by atoms with Crippen molar-refractivity contribution in [3.8, 4) is 0 Å². The summed E-state index contributed by atoms with van der Waals surface area (Å²) in [5.41, 5.74) is 1.06. The van der Waals surface area contributed by atoms with Crippen LogP contribution in [0.3, 0.4) is 0 Å². The third kappa shape index (κ3) is 5.82. The molecule has 42 valence electrons. The molecule has 0 atom stereocenters. The highest BCUT2D eigenvalue weighted by atomic mass is 32.2. The molecule has 0 aliphatic heterocycles. The van der Waals surface area contributed by atoms with Crippen LogP contribution in [0.5, 0.6) is 0 Å². The van der Waals surface area contributed by atoms with E-state index in [1.54, 1.807) is 0 Å². The van der Waals surface area contributed by atoms with Gasteiger partial charge in [-0.15, -0.1) is 0 Å². The standard InChI is InChI=1S/C4H9NOS/c1-4(2)5-6-7-3/h1-3H3/p+1. The number of hydrogen-bond acceptors (Lipinski definition) is 2. The van der Waals surface area contributed by atoms with Crippen LogP contribution in [0.1, 0.15) is 13.8 Å². The zero-order chi connectivity index (χ0) is 5.70. The Bertz CT molecular complexity index is 68.1. The predicted molar refractivity (Wildman–Crippen MR) is 31.9 cm³/mol. The third-order valence-electron chi connectivity index (χ3n) is 0.329. The van der Waals surface area contributed by atoms with Crippen LogP contribution >= 0.6 is 12.0 Å². The van der Waals surface area contributed by atoms with Crippen LogP contribution in [0.4, 0.5) is 0 Å². The highest BCUT2D eigenvalue weighted by molar-refractivity contribution is 7.93. The SMILES string of the molecule is CSO[NH+]=C(C)C. The largest absolute Gasteiger partial charge is 0.203 e. The Morgan fingerprint density at radius 1 is 1.57 bits per heavy atom. The summed E-state index contributed by atoms with van der Waals surface area (Å²) in [4.78, 5) is 0. The summed E-state index contributed by atoms with van der Waals surface area (Å²) in [7, 11) is 0. The van der Waals surface area contributed by atoms with Gasteiger partial charge in [-0.3, -0.25) is 0 Å². The van der Waals surface area contributed by atoms with Crippen molar-refractivity contribution >= 4 is 17.8 Å². The molecule has 0 saturated carbocycles. The van der Waals surface area contributed by atoms with Gasteiger partial charge in [0, 0.05) is 20.1 Å². The molecule has 0 amide bonds. The van der Waals surface area contributed by atoms with Crippen LogP contribution in [0.25, 0.3) is 0 Å². The van der Waals surface area contributed by atoms with Crippen molar-refractivity contribution in [3.05, 3.63) is 0 Å². The molecule has 0 heterocycles. The summed E-state index contributed by atoms with van der Waals surface area (Å²) >= 11 is 1.30. The number of rotatable bonds is 2. The minimum atomic E-state index is 1.06. The first-order valence-electron chi connectivity index (χ1n) is 2.03. The Balaban J connectivity index is 3.08. The lowest BCUT2D eigenvalue weighted by Crippen LogP contribution is -2.68. The molecule has 0 spiro atoms. The molecule has 0 aromatic rings. The van der Waals surface area contributed by atoms with Gasteiger partial charge < -0.3 is 0 Å². The Hall–Kier alpha value is -0.180. The van der Waals surface area contributed by atoms with Gasteiger partial charge in [0.1, 0.15) is 12.0 Å². The van der Waals surface area contributed by atoms with E-state index in [0.29, 0.717) is 0 Å². The summed E-state index contributed by atoms with van der Waals surface area (Å²) in [5.74, 6) is 0. The quantitative estimate of drug-likeness (QED) is 0.309. The van der Waals surface area contributed by atoms with E-state index in [1.165, 1.54) is 12.0 Å². The van der Waals surface area contributed by atoms with Gasteiger partial charge in [-0.1, -0.05) is 0 Å². The van der Waals surface area contributed by atoms with E-state index >= 15 is 0 Å². The van der Waals surface area contributed by atoms with Crippen LogP contribution in [-0.2, 0) is 4.28 Å². The van der Waals surface area contributed by atoms with E-state index in [1.807, 2.05) is 20.1 Å². The monoisotopic (exact) mass is 120 g/mol. The molecule has 0 bridgehead atoms. The maximum absolute atomic E-state index is 4.72. The van der Waals surface area contributed by atoms with Crippen molar-refractivity contribution in [1.82, 2.24) is 0 Å². The first kappa shape index (κ1) is 6.82. The highest BCUT2D eigenvalue weighted by Crippen LogP contribution is 1.80. The minimum absolute atomic E-state index is 1.06. The van der Waals surface area contributed by atoms with Crippen LogP contribution in [0.15, 0.2) is 0 Å². The molecule has 0 aromatic carbocycles. The molecule has 0 saturated heterocycles. The lowest BCUT2D eigenvalue weighted by atomic mass is 10.5. The van der Waals surface area contributed by atoms with Crippen molar-refractivity contribution in [3.63, 3.8) is 0 Å². The molecule has 2 nitrogen and oxygen atoms in total. The lowest BCUT2D eigenvalue weighted by Gasteiger charge is -1.78. The highest BCUT2D eigenvalue weighted by Gasteiger charge is 1.82. The molecule has 1 N–H and O–H groups in total. The summed E-state index contributed by atoms with van der Waals surface area (Å²) in [6.45, 7) is 3.88. The fourth-order valence-electron chi connectivity index (χ4n) is 0.125. The normalized spacial score (nSPS) is 7.86. The van der Waals surface area contributed by atoms with Crippen molar-refractivity contribution in [2.45, 2.75) is 13.8 Å². The van der Waals surface area contributed by atoms with Gasteiger partial charge in [-0.05, 0) is 5.16 Å². The third-order valence-corrected chi connectivity index (χ3v) is 0.579. The topological polar surface area (TPSA) is 23.2 Å². The molecular weight excluding hydrogens is 110 g/mol. The van der Waals surface area contributed by atoms with Gasteiger partial charge in [0.15, 0.2) is 5.71 Å². The second-order valence-electron chi connectivity index (χ2n) is 1.35. The fraction of sp³-hybridized carbons (Fsp3) is 0.750. The van der Waals surface area contributed by atoms with Gasteiger partial charge in [0.2, 0.25) is 0 Å². The molecule has 7 heavy (non-hydrogen) atoms. The molecule has 0 aliphatic rings. The van der Waals surface area contributed by atoms with Crippen molar-refractivity contribution in [1.29, 1.82) is 0 Å². The van der Waals surface area contributed by atoms with Gasteiger partial charge >= 0.3 is 0 Å². The van der Waals surface area contributed by atoms with Gasteiger partial charge in [-0.2, -0.15) is 0 Å². The van der Waals surface area contributed by atoms with E-state index in [0.717, 1.165) is 5.71 Å². The molecule has 0 radical (unpaired) electrons. The van der Waals surface area contributed by atoms with Crippen molar-refractivity contribution in [2.24, 2.45) is 0 Å². The molecular formula is C4H10NOS+. The average molecular weight is 120 g/mol. The lowest BCUT2D eigenvalue weighted by molar-refractivity contribution is -0.700. The van der Waals surface area contributed by atoms with Crippen LogP contribution < -0.4 is 5.16 Å². The molecule has 0 fully saturated rings. The van der Waals surface area contributed by atoms with Gasteiger partial charge in [0.05, 0.1) is 0 Å². The summed E-state index contributed by atoms with van der Waals surface area (Å²) in [6.07, 6.45) is 1.86. The smallest absolute Gasteiger partial charge is 0.197 e. The van der Waals surface area contributed by atoms with Crippen molar-refractivity contribution in [2.75, 3.05) is 6.26 Å². The predicted octanol–water partition coefficient (Wildman–Crippen LogP) is -0.243. The fourth-order valence-corrected chi connectivity index (χ4v) is 0.375. The zero-order valence-corrected chi connectivity index (χ0v) is 5.63. The van der Waals surface area contributed by atoms with Gasteiger partial charge in [0.25, 0.3) is 0 Å². The van der Waals surface area contributed by atoms with E-state index in [2.05, 4.69) is 5.16 Å². The van der Waals surface area contributed by atoms with E-state index < -0.39 is 0 Å². The first-order chi connectivity index (χ1) is 3.27. The summed E-state index contributed by atoms with van der Waals surface area (Å²) < 4.78 is 4.72. The van der Waals surface area contributed by atoms with E-state index in [4.69, 9.17) is 4.28 Å². The van der Waals surface area contributed by atoms with E-state index in [9.17, 15) is 0 Å². The number of nitrogens with one attached hydrogen (secondary N) is 1. The number of hydrogen-bond donors (Lipinski definition) is 1. The van der Waals surface area contributed by atoms with Crippen molar-refractivity contribution < 1.29 is 9.44 Å². The molecule has 3 heteroatoms. The first-order valence-corrected chi connectivity index (χ1v) is 3.18. The van der Waals surface area contributed by atoms with E-state index in [-0.39, 0.29) is 0 Å². The Labute approximate surface area is 48.1 Å². The second kappa shape index (κ2) is 3.99. The van der Waals surface area contributed by atoms with Crippen LogP contribution in [-0.4, -0.2) is 12.0 Å². The molecule has 0 unspecified atom stereocenters. The maximum atomic E-state index is 4.72. The summed E-state index contributed by atoms with van der Waals surface area (Å²) in [5, 5.41) is 2.67. The summed E-state index contributed by atoms with van der Waals surface area (Å²) in [6, 6.07) is 0. The maximum Gasteiger partial charge on any atom is 0.197 e. The average Bonchev–Trinajstić information content (AvgIpc) is 1.61. The van der Waals surface area contributed by atoms with Gasteiger partial charge in [-0.25, -0.2) is 4.28 Å². The Morgan fingerprint density at radius 2 is 2.14 bits per heavy atom. The molecule has 0 aliphatic carbocycles. The minimum Gasteiger partial charge on any atom is -0.203 e. The Kier molecular flexibility index (Phi) is 3.89. The van der Waals surface area contributed by atoms with Crippen LogP contribution in [0.2, 0.25) is 0 Å². The molecule has 0 aromatic heterocycles. The van der Waals surface area contributed by atoms with Crippen LogP contribution in [0, 0.1) is 0 Å².